The third kappa shape index (κ3) is 7.62. The van der Waals surface area contributed by atoms with Crippen LogP contribution in [0.5, 0.6) is 0 Å². The SMILES string of the molecule is CCCCCC1CCC(c2ccc(-c3cc(F)c(C(F)(F)OC4COC(c5ccc(F)c(F)c5)OC4)c(F)c3)cc2)CC1. The number of hydrogen-bond acceptors (Lipinski definition) is 3. The second-order valence-corrected chi connectivity index (χ2v) is 11.6. The van der Waals surface area contributed by atoms with E-state index in [4.69, 9.17) is 14.2 Å². The number of benzene rings is 3. The van der Waals surface area contributed by atoms with Crippen LogP contribution >= 0.6 is 0 Å². The van der Waals surface area contributed by atoms with Crippen LogP contribution in [-0.4, -0.2) is 19.3 Å². The van der Waals surface area contributed by atoms with Crippen molar-refractivity contribution in [3.05, 3.63) is 94.6 Å². The molecule has 232 valence electrons. The molecule has 1 heterocycles. The van der Waals surface area contributed by atoms with E-state index in [1.54, 1.807) is 12.1 Å². The predicted molar refractivity (Wildman–Crippen MR) is 150 cm³/mol. The molecule has 1 aliphatic carbocycles. The highest BCUT2D eigenvalue weighted by Crippen LogP contribution is 2.40. The Kier molecular flexibility index (Phi) is 10.1. The summed E-state index contributed by atoms with van der Waals surface area (Å²) >= 11 is 0. The van der Waals surface area contributed by atoms with Gasteiger partial charge in [0.25, 0.3) is 0 Å². The van der Waals surface area contributed by atoms with Crippen molar-refractivity contribution in [2.24, 2.45) is 5.92 Å². The van der Waals surface area contributed by atoms with Gasteiger partial charge in [-0.3, -0.25) is 0 Å². The van der Waals surface area contributed by atoms with Gasteiger partial charge in [-0.2, -0.15) is 8.78 Å². The summed E-state index contributed by atoms with van der Waals surface area (Å²) < 4.78 is 102. The van der Waals surface area contributed by atoms with Crippen molar-refractivity contribution in [1.82, 2.24) is 0 Å². The highest BCUT2D eigenvalue weighted by atomic mass is 19.3. The maximum atomic E-state index is 15.0. The van der Waals surface area contributed by atoms with Gasteiger partial charge in [0.1, 0.15) is 23.3 Å². The third-order valence-corrected chi connectivity index (χ3v) is 8.51. The fourth-order valence-electron chi connectivity index (χ4n) is 6.11. The monoisotopic (exact) mass is 606 g/mol. The van der Waals surface area contributed by atoms with E-state index in [9.17, 15) is 26.3 Å². The molecule has 0 atom stereocenters. The molecule has 1 saturated heterocycles. The van der Waals surface area contributed by atoms with Crippen LogP contribution in [0.1, 0.15) is 87.2 Å². The summed E-state index contributed by atoms with van der Waals surface area (Å²) in [5, 5.41) is 0. The molecule has 0 aromatic heterocycles. The molecule has 3 nitrogen and oxygen atoms in total. The summed E-state index contributed by atoms with van der Waals surface area (Å²) in [6, 6.07) is 12.2. The normalized spacial score (nSPS) is 23.0. The van der Waals surface area contributed by atoms with Crippen molar-refractivity contribution in [2.45, 2.75) is 82.7 Å². The maximum absolute atomic E-state index is 15.0. The summed E-state index contributed by atoms with van der Waals surface area (Å²) in [7, 11) is 0. The lowest BCUT2D eigenvalue weighted by Crippen LogP contribution is -2.38. The van der Waals surface area contributed by atoms with Gasteiger partial charge >= 0.3 is 6.11 Å². The van der Waals surface area contributed by atoms with Crippen LogP contribution in [0.4, 0.5) is 26.3 Å². The van der Waals surface area contributed by atoms with Gasteiger partial charge in [0.05, 0.1) is 13.2 Å². The number of unbranched alkanes of at least 4 members (excludes halogenated alkanes) is 2. The second-order valence-electron chi connectivity index (χ2n) is 11.6. The van der Waals surface area contributed by atoms with Crippen molar-refractivity contribution < 1.29 is 40.6 Å². The summed E-state index contributed by atoms with van der Waals surface area (Å²) in [6.45, 7) is 1.37. The Morgan fingerprint density at radius 2 is 1.35 bits per heavy atom. The molecule has 9 heteroatoms. The maximum Gasteiger partial charge on any atom is 0.389 e. The van der Waals surface area contributed by atoms with Crippen LogP contribution in [0.2, 0.25) is 0 Å². The third-order valence-electron chi connectivity index (χ3n) is 8.51. The van der Waals surface area contributed by atoms with Crippen LogP contribution in [0.25, 0.3) is 11.1 Å². The lowest BCUT2D eigenvalue weighted by Gasteiger charge is -2.32. The van der Waals surface area contributed by atoms with E-state index in [1.807, 2.05) is 12.1 Å². The first-order valence-corrected chi connectivity index (χ1v) is 15.0. The van der Waals surface area contributed by atoms with Crippen molar-refractivity contribution in [2.75, 3.05) is 13.2 Å². The summed E-state index contributed by atoms with van der Waals surface area (Å²) in [6.07, 6.45) is 2.92. The Hall–Kier alpha value is -2.88. The summed E-state index contributed by atoms with van der Waals surface area (Å²) in [5.41, 5.74) is 0.473. The van der Waals surface area contributed by atoms with E-state index in [0.717, 1.165) is 43.0 Å². The number of rotatable bonds is 10. The molecule has 0 bridgehead atoms. The lowest BCUT2D eigenvalue weighted by molar-refractivity contribution is -0.322. The van der Waals surface area contributed by atoms with E-state index < -0.39 is 60.5 Å². The summed E-state index contributed by atoms with van der Waals surface area (Å²) in [4.78, 5) is 0. The van der Waals surface area contributed by atoms with E-state index in [2.05, 4.69) is 6.92 Å². The van der Waals surface area contributed by atoms with Gasteiger partial charge in [-0.1, -0.05) is 62.9 Å². The summed E-state index contributed by atoms with van der Waals surface area (Å²) in [5.74, 6) is -3.82. The fraction of sp³-hybridized carbons (Fsp3) is 0.471. The Labute approximate surface area is 248 Å². The standard InChI is InChI=1S/C34H36F6O3/c1-2-3-4-5-21-6-8-22(9-7-21)23-10-12-24(13-11-23)26-17-30(37)32(31(38)18-26)34(39,40)43-27-19-41-33(42-20-27)25-14-15-28(35)29(36)16-25/h10-18,21-22,27,33H,2-9,19-20H2,1H3. The lowest BCUT2D eigenvalue weighted by atomic mass is 9.77. The molecule has 0 spiro atoms. The average molecular weight is 607 g/mol. The van der Waals surface area contributed by atoms with E-state index >= 15 is 0 Å². The predicted octanol–water partition coefficient (Wildman–Crippen LogP) is 9.94. The molecule has 1 saturated carbocycles. The zero-order valence-electron chi connectivity index (χ0n) is 24.1. The smallest absolute Gasteiger partial charge is 0.346 e. The average Bonchev–Trinajstić information content (AvgIpc) is 2.99. The van der Waals surface area contributed by atoms with E-state index in [0.29, 0.717) is 11.5 Å². The van der Waals surface area contributed by atoms with Gasteiger partial charge in [0.15, 0.2) is 17.9 Å². The molecule has 0 amide bonds. The Morgan fingerprint density at radius 1 is 0.721 bits per heavy atom. The number of ether oxygens (including phenoxy) is 3. The van der Waals surface area contributed by atoms with E-state index in [1.165, 1.54) is 50.2 Å². The van der Waals surface area contributed by atoms with Gasteiger partial charge in [-0.05, 0) is 78.5 Å². The minimum Gasteiger partial charge on any atom is -0.346 e. The molecule has 43 heavy (non-hydrogen) atoms. The molecule has 2 fully saturated rings. The quantitative estimate of drug-likeness (QED) is 0.170. The molecule has 3 aromatic carbocycles. The van der Waals surface area contributed by atoms with Gasteiger partial charge in [-0.25, -0.2) is 17.6 Å². The van der Waals surface area contributed by atoms with Crippen LogP contribution in [0.3, 0.4) is 0 Å². The molecule has 0 unspecified atom stereocenters. The van der Waals surface area contributed by atoms with Crippen molar-refractivity contribution in [3.8, 4) is 11.1 Å². The molecule has 5 rings (SSSR count). The zero-order valence-corrected chi connectivity index (χ0v) is 24.1. The van der Waals surface area contributed by atoms with Gasteiger partial charge in [0, 0.05) is 5.56 Å². The molecular weight excluding hydrogens is 570 g/mol. The first kappa shape index (κ1) is 31.5. The van der Waals surface area contributed by atoms with Crippen molar-refractivity contribution in [3.63, 3.8) is 0 Å². The second kappa shape index (κ2) is 13.8. The minimum absolute atomic E-state index is 0.138. The minimum atomic E-state index is -4.32. The molecule has 2 aliphatic rings. The number of halogens is 6. The van der Waals surface area contributed by atoms with E-state index in [-0.39, 0.29) is 11.1 Å². The van der Waals surface area contributed by atoms with Crippen LogP contribution in [0.15, 0.2) is 54.6 Å². The Bertz CT molecular complexity index is 1340. The first-order chi connectivity index (χ1) is 20.6. The first-order valence-electron chi connectivity index (χ1n) is 15.0. The molecule has 0 radical (unpaired) electrons. The van der Waals surface area contributed by atoms with Gasteiger partial charge in [-0.15, -0.1) is 0 Å². The van der Waals surface area contributed by atoms with Crippen molar-refractivity contribution in [1.29, 1.82) is 0 Å². The largest absolute Gasteiger partial charge is 0.389 e. The Balaban J connectivity index is 1.19. The zero-order chi connectivity index (χ0) is 30.6. The van der Waals surface area contributed by atoms with Crippen LogP contribution in [0, 0.1) is 29.2 Å². The molecular formula is C34H36F6O3. The number of alkyl halides is 2. The van der Waals surface area contributed by atoms with Crippen LogP contribution in [-0.2, 0) is 20.3 Å². The topological polar surface area (TPSA) is 27.7 Å². The highest BCUT2D eigenvalue weighted by Gasteiger charge is 2.43. The highest BCUT2D eigenvalue weighted by molar-refractivity contribution is 5.64. The molecule has 1 aliphatic heterocycles. The fourth-order valence-corrected chi connectivity index (χ4v) is 6.11. The van der Waals surface area contributed by atoms with Gasteiger partial charge in [0.2, 0.25) is 0 Å². The molecule has 3 aromatic rings. The Morgan fingerprint density at radius 3 is 1.95 bits per heavy atom. The van der Waals surface area contributed by atoms with Crippen molar-refractivity contribution >= 4 is 0 Å². The number of hydrogen-bond donors (Lipinski definition) is 0. The van der Waals surface area contributed by atoms with Gasteiger partial charge < -0.3 is 14.2 Å². The van der Waals surface area contributed by atoms with Crippen LogP contribution < -0.4 is 0 Å². The molecule has 0 N–H and O–H groups in total.